The molecule has 3 amide bonds. The number of nitrogens with one attached hydrogen (secondary N) is 1. The summed E-state index contributed by atoms with van der Waals surface area (Å²) >= 11 is 0. The van der Waals surface area contributed by atoms with Gasteiger partial charge in [-0.3, -0.25) is 9.69 Å². The number of rotatable bonds is 2. The van der Waals surface area contributed by atoms with Crippen LogP contribution in [-0.2, 0) is 4.79 Å². The molecule has 2 fully saturated rings. The fraction of sp³-hybridized carbons (Fsp3) is 0.833. The number of imide groups is 1. The highest BCUT2D eigenvalue weighted by Crippen LogP contribution is 2.36. The maximum absolute atomic E-state index is 12.5. The summed E-state index contributed by atoms with van der Waals surface area (Å²) in [5.41, 5.74) is -0.577. The van der Waals surface area contributed by atoms with Crippen LogP contribution >= 0.6 is 12.4 Å². The Bertz CT molecular complexity index is 340. The Morgan fingerprint density at radius 1 is 1.28 bits per heavy atom. The number of urea groups is 1. The third-order valence-corrected chi connectivity index (χ3v) is 3.80. The summed E-state index contributed by atoms with van der Waals surface area (Å²) in [5, 5.41) is 3.25. The maximum atomic E-state index is 12.5. The van der Waals surface area contributed by atoms with Gasteiger partial charge in [-0.05, 0) is 46.7 Å². The van der Waals surface area contributed by atoms with E-state index in [1.165, 1.54) is 4.90 Å². The van der Waals surface area contributed by atoms with Gasteiger partial charge in [0.25, 0.3) is 5.91 Å². The highest BCUT2D eigenvalue weighted by molar-refractivity contribution is 6.07. The van der Waals surface area contributed by atoms with E-state index >= 15 is 0 Å². The molecule has 0 unspecified atom stereocenters. The quantitative estimate of drug-likeness (QED) is 0.771. The van der Waals surface area contributed by atoms with Crippen LogP contribution in [0.25, 0.3) is 0 Å². The smallest absolute Gasteiger partial charge is 0.317 e. The predicted octanol–water partition coefficient (Wildman–Crippen LogP) is 1.22. The Hall–Kier alpha value is -0.810. The zero-order valence-corrected chi connectivity index (χ0v) is 12.0. The second kappa shape index (κ2) is 5.45. The highest BCUT2D eigenvalue weighted by atomic mass is 35.5. The molecule has 0 aromatic rings. The van der Waals surface area contributed by atoms with Crippen LogP contribution in [-0.4, -0.2) is 53.0 Å². The van der Waals surface area contributed by atoms with Crippen molar-refractivity contribution in [1.82, 2.24) is 15.1 Å². The van der Waals surface area contributed by atoms with E-state index in [9.17, 15) is 9.59 Å². The standard InChI is InChI=1S/C12H21N3O2.ClH/c1-4-14-10(16)12(5-7-13-8-6-12)15(9(2)3)11(14)17;/h9,13H,4-8H2,1-3H3;1H. The van der Waals surface area contributed by atoms with Crippen LogP contribution in [0.5, 0.6) is 0 Å². The molecule has 2 heterocycles. The summed E-state index contributed by atoms with van der Waals surface area (Å²) in [6, 6.07) is -0.0458. The Kier molecular flexibility index (Phi) is 4.61. The summed E-state index contributed by atoms with van der Waals surface area (Å²) in [7, 11) is 0. The second-order valence-corrected chi connectivity index (χ2v) is 5.08. The van der Waals surface area contributed by atoms with E-state index in [2.05, 4.69) is 5.32 Å². The molecule has 2 rings (SSSR count). The zero-order valence-electron chi connectivity index (χ0n) is 11.2. The molecule has 0 bridgehead atoms. The van der Waals surface area contributed by atoms with E-state index < -0.39 is 5.54 Å². The molecule has 0 aromatic carbocycles. The van der Waals surface area contributed by atoms with E-state index in [-0.39, 0.29) is 30.4 Å². The van der Waals surface area contributed by atoms with Crippen LogP contribution < -0.4 is 5.32 Å². The number of halogens is 1. The van der Waals surface area contributed by atoms with Crippen molar-refractivity contribution in [2.24, 2.45) is 0 Å². The lowest BCUT2D eigenvalue weighted by Crippen LogP contribution is -2.57. The minimum atomic E-state index is -0.577. The number of likely N-dealkylation sites (N-methyl/N-ethyl adjacent to an activating group) is 1. The summed E-state index contributed by atoms with van der Waals surface area (Å²) in [5.74, 6) is 0.000185. The van der Waals surface area contributed by atoms with Gasteiger partial charge >= 0.3 is 6.03 Å². The van der Waals surface area contributed by atoms with Crippen LogP contribution in [0.15, 0.2) is 0 Å². The summed E-state index contributed by atoms with van der Waals surface area (Å²) in [6.45, 7) is 7.90. The number of piperidine rings is 1. The van der Waals surface area contributed by atoms with Crippen LogP contribution in [0.1, 0.15) is 33.6 Å². The van der Waals surface area contributed by atoms with Crippen LogP contribution in [0.4, 0.5) is 4.79 Å². The highest BCUT2D eigenvalue weighted by Gasteiger charge is 2.57. The Morgan fingerprint density at radius 2 is 1.83 bits per heavy atom. The van der Waals surface area contributed by atoms with Gasteiger partial charge in [0.05, 0.1) is 0 Å². The SMILES string of the molecule is CCN1C(=O)N(C(C)C)C2(CCNCC2)C1=O.Cl. The van der Waals surface area contributed by atoms with Crippen LogP contribution in [0, 0.1) is 0 Å². The third kappa shape index (κ3) is 1.99. The van der Waals surface area contributed by atoms with Gasteiger partial charge in [-0.2, -0.15) is 0 Å². The van der Waals surface area contributed by atoms with Gasteiger partial charge in [0.2, 0.25) is 0 Å². The second-order valence-electron chi connectivity index (χ2n) is 5.08. The predicted molar refractivity (Wildman–Crippen MR) is 71.8 cm³/mol. The number of carbonyl (C=O) groups excluding carboxylic acids is 2. The normalized spacial score (nSPS) is 22.9. The molecule has 5 nitrogen and oxygen atoms in total. The van der Waals surface area contributed by atoms with Crippen molar-refractivity contribution in [1.29, 1.82) is 0 Å². The first-order chi connectivity index (χ1) is 8.04. The number of carbonyl (C=O) groups is 2. The van der Waals surface area contributed by atoms with Crippen molar-refractivity contribution in [2.45, 2.75) is 45.2 Å². The third-order valence-electron chi connectivity index (χ3n) is 3.80. The van der Waals surface area contributed by atoms with Crippen molar-refractivity contribution < 1.29 is 9.59 Å². The topological polar surface area (TPSA) is 52.7 Å². The van der Waals surface area contributed by atoms with Crippen molar-refractivity contribution in [3.63, 3.8) is 0 Å². The van der Waals surface area contributed by atoms with Gasteiger partial charge in [-0.1, -0.05) is 0 Å². The number of hydrogen-bond donors (Lipinski definition) is 1. The molecule has 2 aliphatic heterocycles. The molecule has 0 radical (unpaired) electrons. The maximum Gasteiger partial charge on any atom is 0.327 e. The molecule has 2 aliphatic rings. The van der Waals surface area contributed by atoms with E-state index in [1.54, 1.807) is 4.90 Å². The molecular formula is C12H22ClN3O2. The summed E-state index contributed by atoms with van der Waals surface area (Å²) in [6.07, 6.45) is 1.46. The Morgan fingerprint density at radius 3 is 2.28 bits per heavy atom. The lowest BCUT2D eigenvalue weighted by molar-refractivity contribution is -0.134. The molecule has 0 aliphatic carbocycles. The van der Waals surface area contributed by atoms with Crippen LogP contribution in [0.3, 0.4) is 0 Å². The summed E-state index contributed by atoms with van der Waals surface area (Å²) in [4.78, 5) is 27.9. The van der Waals surface area contributed by atoms with Gasteiger partial charge in [-0.25, -0.2) is 4.79 Å². The molecule has 1 spiro atoms. The van der Waals surface area contributed by atoms with E-state index in [0.717, 1.165) is 25.9 Å². The van der Waals surface area contributed by atoms with E-state index in [0.29, 0.717) is 6.54 Å². The largest absolute Gasteiger partial charge is 0.327 e. The average molecular weight is 276 g/mol. The molecular weight excluding hydrogens is 254 g/mol. The minimum absolute atomic E-state index is 0. The van der Waals surface area contributed by atoms with Gasteiger partial charge in [0, 0.05) is 12.6 Å². The van der Waals surface area contributed by atoms with Crippen molar-refractivity contribution in [3.05, 3.63) is 0 Å². The fourth-order valence-electron chi connectivity index (χ4n) is 3.04. The number of hydrogen-bond acceptors (Lipinski definition) is 3. The molecule has 2 saturated heterocycles. The van der Waals surface area contributed by atoms with Crippen molar-refractivity contribution in [2.75, 3.05) is 19.6 Å². The zero-order chi connectivity index (χ0) is 12.6. The van der Waals surface area contributed by atoms with Crippen LogP contribution in [0.2, 0.25) is 0 Å². The van der Waals surface area contributed by atoms with Gasteiger partial charge in [0.1, 0.15) is 5.54 Å². The van der Waals surface area contributed by atoms with Crippen molar-refractivity contribution >= 4 is 24.3 Å². The van der Waals surface area contributed by atoms with E-state index in [1.807, 2.05) is 20.8 Å². The van der Waals surface area contributed by atoms with Gasteiger partial charge in [0.15, 0.2) is 0 Å². The Balaban J connectivity index is 0.00000162. The molecule has 0 saturated carbocycles. The lowest BCUT2D eigenvalue weighted by atomic mass is 9.86. The molecule has 18 heavy (non-hydrogen) atoms. The first-order valence-electron chi connectivity index (χ1n) is 6.40. The molecule has 0 atom stereocenters. The average Bonchev–Trinajstić information content (AvgIpc) is 2.49. The Labute approximate surface area is 114 Å². The molecule has 6 heteroatoms. The number of nitrogens with zero attached hydrogens (tertiary/aromatic N) is 2. The molecule has 1 N–H and O–H groups in total. The first kappa shape index (κ1) is 15.2. The lowest BCUT2D eigenvalue weighted by Gasteiger charge is -2.40. The molecule has 0 aromatic heterocycles. The first-order valence-corrected chi connectivity index (χ1v) is 6.40. The van der Waals surface area contributed by atoms with Gasteiger partial charge < -0.3 is 10.2 Å². The van der Waals surface area contributed by atoms with Crippen molar-refractivity contribution in [3.8, 4) is 0 Å². The van der Waals surface area contributed by atoms with E-state index in [4.69, 9.17) is 0 Å². The number of amides is 3. The molecule has 104 valence electrons. The summed E-state index contributed by atoms with van der Waals surface area (Å²) < 4.78 is 0. The van der Waals surface area contributed by atoms with Gasteiger partial charge in [-0.15, -0.1) is 12.4 Å². The minimum Gasteiger partial charge on any atom is -0.317 e. The fourth-order valence-corrected chi connectivity index (χ4v) is 3.04. The monoisotopic (exact) mass is 275 g/mol.